The minimum atomic E-state index is -1.06. The van der Waals surface area contributed by atoms with E-state index in [1.165, 1.54) is 11.3 Å². The zero-order chi connectivity index (χ0) is 20.0. The Labute approximate surface area is 161 Å². The van der Waals surface area contributed by atoms with E-state index in [1.54, 1.807) is 42.6 Å². The van der Waals surface area contributed by atoms with Gasteiger partial charge in [0.25, 0.3) is 5.91 Å². The highest BCUT2D eigenvalue weighted by Gasteiger charge is 2.25. The Morgan fingerprint density at radius 3 is 2.52 bits per heavy atom. The lowest BCUT2D eigenvalue weighted by atomic mass is 10.0. The first-order valence-electron chi connectivity index (χ1n) is 8.38. The van der Waals surface area contributed by atoms with E-state index in [0.717, 1.165) is 5.56 Å². The molecule has 2 rings (SSSR count). The van der Waals surface area contributed by atoms with Gasteiger partial charge in [0.05, 0.1) is 4.88 Å². The number of thiophene rings is 1. The number of hydrogen-bond acceptors (Lipinski definition) is 5. The van der Waals surface area contributed by atoms with Crippen molar-refractivity contribution in [2.24, 2.45) is 5.92 Å². The van der Waals surface area contributed by atoms with Crippen molar-refractivity contribution >= 4 is 34.8 Å². The highest BCUT2D eigenvalue weighted by atomic mass is 32.1. The van der Waals surface area contributed by atoms with E-state index in [-0.39, 0.29) is 17.7 Å². The molecule has 1 heterocycles. The molecular weight excluding hydrogens is 368 g/mol. The number of nitrogens with one attached hydrogen (secondary N) is 2. The summed E-state index contributed by atoms with van der Waals surface area (Å²) in [5, 5.41) is 16.0. The molecule has 0 aliphatic rings. The second-order valence-electron chi connectivity index (χ2n) is 6.32. The summed E-state index contributed by atoms with van der Waals surface area (Å²) in [6.45, 7) is 5.05. The largest absolute Gasteiger partial charge is 0.482 e. The number of rotatable bonds is 8. The lowest BCUT2D eigenvalue weighted by Crippen LogP contribution is -2.47. The molecular formula is C19H22N2O5S. The van der Waals surface area contributed by atoms with Gasteiger partial charge < -0.3 is 20.5 Å². The minimum absolute atomic E-state index is 0.104. The van der Waals surface area contributed by atoms with Crippen LogP contribution < -0.4 is 15.4 Å². The quantitative estimate of drug-likeness (QED) is 0.643. The van der Waals surface area contributed by atoms with Crippen LogP contribution in [-0.4, -0.2) is 35.5 Å². The van der Waals surface area contributed by atoms with Gasteiger partial charge in [-0.25, -0.2) is 4.79 Å². The monoisotopic (exact) mass is 390 g/mol. The number of benzene rings is 1. The van der Waals surface area contributed by atoms with Crippen LogP contribution in [0.1, 0.15) is 29.1 Å². The molecule has 0 bridgehead atoms. The molecule has 0 spiro atoms. The number of ether oxygens (including phenoxy) is 1. The summed E-state index contributed by atoms with van der Waals surface area (Å²) in [4.78, 5) is 36.1. The molecule has 0 radical (unpaired) electrons. The van der Waals surface area contributed by atoms with Crippen LogP contribution in [-0.2, 0) is 9.59 Å². The van der Waals surface area contributed by atoms with Crippen molar-refractivity contribution in [3.63, 3.8) is 0 Å². The maximum atomic E-state index is 12.7. The Bertz CT molecular complexity index is 818. The molecule has 0 aliphatic heterocycles. The predicted octanol–water partition coefficient (Wildman–Crippen LogP) is 2.91. The molecule has 1 atom stereocenters. The predicted molar refractivity (Wildman–Crippen MR) is 103 cm³/mol. The van der Waals surface area contributed by atoms with Gasteiger partial charge in [-0.05, 0) is 48.1 Å². The highest BCUT2D eigenvalue weighted by molar-refractivity contribution is 7.12. The summed E-state index contributed by atoms with van der Waals surface area (Å²) in [6, 6.07) is 7.66. The summed E-state index contributed by atoms with van der Waals surface area (Å²) < 4.78 is 5.12. The Kier molecular flexibility index (Phi) is 6.95. The van der Waals surface area contributed by atoms with Crippen LogP contribution in [0, 0.1) is 12.8 Å². The van der Waals surface area contributed by atoms with Crippen molar-refractivity contribution < 1.29 is 24.2 Å². The number of carbonyl (C=O) groups is 3. The lowest BCUT2D eigenvalue weighted by molar-refractivity contribution is -0.139. The summed E-state index contributed by atoms with van der Waals surface area (Å²) >= 11 is 1.31. The van der Waals surface area contributed by atoms with Crippen LogP contribution in [0.5, 0.6) is 5.75 Å². The van der Waals surface area contributed by atoms with Gasteiger partial charge in [-0.3, -0.25) is 9.59 Å². The van der Waals surface area contributed by atoms with E-state index in [4.69, 9.17) is 9.84 Å². The fourth-order valence-corrected chi connectivity index (χ4v) is 3.00. The maximum Gasteiger partial charge on any atom is 0.341 e. The van der Waals surface area contributed by atoms with Crippen molar-refractivity contribution in [1.29, 1.82) is 0 Å². The third-order valence-corrected chi connectivity index (χ3v) is 4.67. The topological polar surface area (TPSA) is 105 Å². The van der Waals surface area contributed by atoms with Crippen molar-refractivity contribution in [2.45, 2.75) is 26.8 Å². The van der Waals surface area contributed by atoms with Gasteiger partial charge in [-0.2, -0.15) is 0 Å². The third kappa shape index (κ3) is 5.82. The van der Waals surface area contributed by atoms with Gasteiger partial charge >= 0.3 is 5.97 Å². The molecule has 2 aromatic rings. The van der Waals surface area contributed by atoms with Crippen LogP contribution in [0.25, 0.3) is 0 Å². The first-order chi connectivity index (χ1) is 12.8. The fraction of sp³-hybridized carbons (Fsp3) is 0.316. The highest BCUT2D eigenvalue weighted by Crippen LogP contribution is 2.22. The average molecular weight is 390 g/mol. The van der Waals surface area contributed by atoms with Crippen LogP contribution in [0.4, 0.5) is 5.69 Å². The first-order valence-corrected chi connectivity index (χ1v) is 9.26. The smallest absolute Gasteiger partial charge is 0.341 e. The Balaban J connectivity index is 2.06. The van der Waals surface area contributed by atoms with E-state index < -0.39 is 18.6 Å². The van der Waals surface area contributed by atoms with Gasteiger partial charge in [-0.15, -0.1) is 11.3 Å². The van der Waals surface area contributed by atoms with Gasteiger partial charge in [0.1, 0.15) is 11.8 Å². The van der Waals surface area contributed by atoms with E-state index in [2.05, 4.69) is 10.6 Å². The number of amides is 2. The molecule has 0 fully saturated rings. The zero-order valence-electron chi connectivity index (χ0n) is 15.3. The number of aliphatic carboxylic acids is 1. The molecule has 1 aromatic carbocycles. The van der Waals surface area contributed by atoms with Gasteiger partial charge in [0, 0.05) is 5.69 Å². The van der Waals surface area contributed by atoms with Crippen molar-refractivity contribution in [3.8, 4) is 5.75 Å². The molecule has 0 saturated heterocycles. The molecule has 3 N–H and O–H groups in total. The Morgan fingerprint density at radius 2 is 1.96 bits per heavy atom. The zero-order valence-corrected chi connectivity index (χ0v) is 16.1. The molecule has 8 heteroatoms. The number of carbonyl (C=O) groups excluding carboxylic acids is 2. The van der Waals surface area contributed by atoms with Crippen LogP contribution >= 0.6 is 11.3 Å². The molecule has 144 valence electrons. The van der Waals surface area contributed by atoms with Crippen LogP contribution in [0.2, 0.25) is 0 Å². The van der Waals surface area contributed by atoms with E-state index in [9.17, 15) is 14.4 Å². The minimum Gasteiger partial charge on any atom is -0.482 e. The standard InChI is InChI=1S/C19H22N2O5S/c1-11(2)17(21-18(24)15-5-4-8-27-15)19(25)20-14-7-6-13(9-12(14)3)26-10-16(22)23/h4-9,11,17H,10H2,1-3H3,(H,20,25)(H,21,24)(H,22,23). The summed E-state index contributed by atoms with van der Waals surface area (Å²) in [6.07, 6.45) is 0. The summed E-state index contributed by atoms with van der Waals surface area (Å²) in [5.74, 6) is -1.37. The molecule has 0 aliphatic carbocycles. The van der Waals surface area contributed by atoms with Gasteiger partial charge in [0.15, 0.2) is 6.61 Å². The summed E-state index contributed by atoms with van der Waals surface area (Å²) in [7, 11) is 0. The molecule has 0 saturated carbocycles. The lowest BCUT2D eigenvalue weighted by Gasteiger charge is -2.22. The SMILES string of the molecule is Cc1cc(OCC(=O)O)ccc1NC(=O)C(NC(=O)c1cccs1)C(C)C. The van der Waals surface area contributed by atoms with Crippen molar-refractivity contribution in [2.75, 3.05) is 11.9 Å². The average Bonchev–Trinajstić information content (AvgIpc) is 3.14. The Morgan fingerprint density at radius 1 is 1.22 bits per heavy atom. The van der Waals surface area contributed by atoms with Gasteiger partial charge in [0.2, 0.25) is 5.91 Å². The number of carboxylic acid groups (broad SMARTS) is 1. The molecule has 1 aromatic heterocycles. The number of anilines is 1. The van der Waals surface area contributed by atoms with Crippen molar-refractivity contribution in [3.05, 3.63) is 46.2 Å². The molecule has 1 unspecified atom stereocenters. The van der Waals surface area contributed by atoms with E-state index in [0.29, 0.717) is 16.3 Å². The van der Waals surface area contributed by atoms with E-state index in [1.807, 2.05) is 13.8 Å². The van der Waals surface area contributed by atoms with Crippen molar-refractivity contribution in [1.82, 2.24) is 5.32 Å². The number of carboxylic acids is 1. The van der Waals surface area contributed by atoms with Gasteiger partial charge in [-0.1, -0.05) is 19.9 Å². The maximum absolute atomic E-state index is 12.7. The Hall–Kier alpha value is -2.87. The normalized spacial score (nSPS) is 11.7. The third-order valence-electron chi connectivity index (χ3n) is 3.80. The molecule has 27 heavy (non-hydrogen) atoms. The summed E-state index contributed by atoms with van der Waals surface area (Å²) in [5.41, 5.74) is 1.29. The molecule has 2 amide bonds. The van der Waals surface area contributed by atoms with Crippen LogP contribution in [0.15, 0.2) is 35.7 Å². The second kappa shape index (κ2) is 9.18. The second-order valence-corrected chi connectivity index (χ2v) is 7.27. The number of aryl methyl sites for hydroxylation is 1. The number of hydrogen-bond donors (Lipinski definition) is 3. The van der Waals surface area contributed by atoms with E-state index >= 15 is 0 Å². The molecule has 7 nitrogen and oxygen atoms in total. The van der Waals surface area contributed by atoms with Crippen LogP contribution in [0.3, 0.4) is 0 Å². The first kappa shape index (κ1) is 20.4. The fourth-order valence-electron chi connectivity index (χ4n) is 2.38.